The van der Waals surface area contributed by atoms with Gasteiger partial charge in [0, 0.05) is 14.2 Å². The van der Waals surface area contributed by atoms with Crippen LogP contribution in [-0.2, 0) is 42.7 Å². The van der Waals surface area contributed by atoms with Crippen LogP contribution in [0.25, 0.3) is 0 Å². The lowest BCUT2D eigenvalue weighted by molar-refractivity contribution is -0.370. The minimum atomic E-state index is -1.73. The number of ether oxygens (including phenoxy) is 7. The summed E-state index contributed by atoms with van der Waals surface area (Å²) in [6.45, 7) is 0. The molecule has 0 aromatic heterocycles. The van der Waals surface area contributed by atoms with E-state index < -0.39 is 73.4 Å². The van der Waals surface area contributed by atoms with Crippen LogP contribution in [0.3, 0.4) is 0 Å². The third-order valence-corrected chi connectivity index (χ3v) is 4.77. The summed E-state index contributed by atoms with van der Waals surface area (Å²) in [6.07, 6.45) is -15.6. The van der Waals surface area contributed by atoms with E-state index in [1.807, 2.05) is 0 Å². The summed E-state index contributed by atoms with van der Waals surface area (Å²) in [7, 11) is 4.55. The molecule has 0 aromatic carbocycles. The summed E-state index contributed by atoms with van der Waals surface area (Å²) in [4.78, 5) is 23.9. The van der Waals surface area contributed by atoms with Crippen LogP contribution in [0.4, 0.5) is 0 Å². The number of hydrogen-bond acceptors (Lipinski definition) is 13. The van der Waals surface area contributed by atoms with Gasteiger partial charge in [0.2, 0.25) is 0 Å². The fourth-order valence-electron chi connectivity index (χ4n) is 3.17. The molecule has 0 spiro atoms. The van der Waals surface area contributed by atoms with Crippen molar-refractivity contribution in [1.82, 2.24) is 0 Å². The lowest BCUT2D eigenvalue weighted by Gasteiger charge is -2.45. The maximum absolute atomic E-state index is 11.9. The number of aliphatic hydroxyl groups is 4. The van der Waals surface area contributed by atoms with Gasteiger partial charge in [0.25, 0.3) is 0 Å². The maximum atomic E-state index is 11.9. The second kappa shape index (κ2) is 10.1. The standard InChI is InChI=1S/C16H26O13/c1-23-9-5(17)7(19)15(27-11(9)13(21)25-3)29-16-8(20)6(18)10(24-2)12(28-16)14(22)26-4/h5-12,15-20H,1-4H3/t5-,6-,7-,8-,9+,10+,11+,12+,15+,16+/m1/s1. The Morgan fingerprint density at radius 2 is 1.00 bits per heavy atom. The molecule has 0 aromatic rings. The average molecular weight is 426 g/mol. The summed E-state index contributed by atoms with van der Waals surface area (Å²) in [5.74, 6) is -1.82. The van der Waals surface area contributed by atoms with Crippen molar-refractivity contribution >= 4 is 11.9 Å². The van der Waals surface area contributed by atoms with E-state index in [0.717, 1.165) is 14.2 Å². The van der Waals surface area contributed by atoms with Crippen molar-refractivity contribution in [2.45, 2.75) is 61.4 Å². The van der Waals surface area contributed by atoms with Crippen molar-refractivity contribution in [3.8, 4) is 0 Å². The smallest absolute Gasteiger partial charge is 0.337 e. The molecule has 2 heterocycles. The summed E-state index contributed by atoms with van der Waals surface area (Å²) in [5, 5.41) is 41.0. The summed E-state index contributed by atoms with van der Waals surface area (Å²) < 4.78 is 35.2. The van der Waals surface area contributed by atoms with E-state index in [9.17, 15) is 30.0 Å². The van der Waals surface area contributed by atoms with Gasteiger partial charge in [-0.05, 0) is 0 Å². The van der Waals surface area contributed by atoms with Gasteiger partial charge in [0.1, 0.15) is 36.6 Å². The highest BCUT2D eigenvalue weighted by Gasteiger charge is 2.53. The number of rotatable bonds is 6. The van der Waals surface area contributed by atoms with Crippen LogP contribution in [-0.4, -0.2) is 122 Å². The molecule has 2 rings (SSSR count). The minimum absolute atomic E-state index is 0.909. The molecular weight excluding hydrogens is 400 g/mol. The first-order chi connectivity index (χ1) is 13.7. The molecule has 2 aliphatic rings. The maximum Gasteiger partial charge on any atom is 0.337 e. The first-order valence-corrected chi connectivity index (χ1v) is 8.61. The van der Waals surface area contributed by atoms with Crippen molar-refractivity contribution in [3.05, 3.63) is 0 Å². The van der Waals surface area contributed by atoms with Crippen LogP contribution in [0.2, 0.25) is 0 Å². The van der Waals surface area contributed by atoms with Gasteiger partial charge in [-0.2, -0.15) is 0 Å². The van der Waals surface area contributed by atoms with Gasteiger partial charge in [0.05, 0.1) is 14.2 Å². The highest BCUT2D eigenvalue weighted by atomic mass is 16.8. The number of carbonyl (C=O) groups excluding carboxylic acids is 2. The second-order valence-corrected chi connectivity index (χ2v) is 6.40. The Hall–Kier alpha value is -1.42. The number of esters is 2. The zero-order valence-electron chi connectivity index (χ0n) is 16.2. The van der Waals surface area contributed by atoms with Gasteiger partial charge in [-0.15, -0.1) is 0 Å². The molecule has 0 aliphatic carbocycles. The van der Waals surface area contributed by atoms with Crippen molar-refractivity contribution in [3.63, 3.8) is 0 Å². The minimum Gasteiger partial charge on any atom is -0.467 e. The summed E-state index contributed by atoms with van der Waals surface area (Å²) >= 11 is 0. The molecule has 13 heteroatoms. The van der Waals surface area contributed by atoms with Crippen LogP contribution in [0.5, 0.6) is 0 Å². The van der Waals surface area contributed by atoms with E-state index in [1.165, 1.54) is 14.2 Å². The normalized spacial score (nSPS) is 42.9. The average Bonchev–Trinajstić information content (AvgIpc) is 2.72. The molecule has 0 saturated carbocycles. The molecule has 4 N–H and O–H groups in total. The second-order valence-electron chi connectivity index (χ2n) is 6.40. The van der Waals surface area contributed by atoms with Crippen LogP contribution < -0.4 is 0 Å². The molecule has 0 unspecified atom stereocenters. The molecule has 168 valence electrons. The number of aliphatic hydroxyl groups excluding tert-OH is 4. The monoisotopic (exact) mass is 426 g/mol. The third kappa shape index (κ3) is 4.68. The van der Waals surface area contributed by atoms with Crippen molar-refractivity contribution in [1.29, 1.82) is 0 Å². The molecule has 2 aliphatic heterocycles. The zero-order valence-corrected chi connectivity index (χ0v) is 16.2. The molecule has 0 radical (unpaired) electrons. The Morgan fingerprint density at radius 1 is 0.655 bits per heavy atom. The van der Waals surface area contributed by atoms with E-state index in [4.69, 9.17) is 23.7 Å². The lowest BCUT2D eigenvalue weighted by Crippen LogP contribution is -2.65. The van der Waals surface area contributed by atoms with E-state index in [-0.39, 0.29) is 0 Å². The van der Waals surface area contributed by atoms with Crippen LogP contribution in [0.15, 0.2) is 0 Å². The van der Waals surface area contributed by atoms with Gasteiger partial charge in [0.15, 0.2) is 24.8 Å². The Bertz CT molecular complexity index is 523. The van der Waals surface area contributed by atoms with E-state index in [0.29, 0.717) is 0 Å². The van der Waals surface area contributed by atoms with Crippen molar-refractivity contribution in [2.24, 2.45) is 0 Å². The van der Waals surface area contributed by atoms with E-state index in [1.54, 1.807) is 0 Å². The fraction of sp³-hybridized carbons (Fsp3) is 0.875. The molecule has 29 heavy (non-hydrogen) atoms. The molecular formula is C16H26O13. The Labute approximate surface area is 165 Å². The SMILES string of the molecule is COC(=O)[C@H]1O[C@@H](O[C@@H]2O[C@H](C(=O)OC)[C@@H](OC)[C@H](O)[C@H]2O)[C@H](O)[C@@H](O)[C@@H]1OC. The molecule has 2 fully saturated rings. The Kier molecular flexibility index (Phi) is 8.28. The number of hydrogen-bond donors (Lipinski definition) is 4. The number of carbonyl (C=O) groups is 2. The van der Waals surface area contributed by atoms with Gasteiger partial charge in [-0.1, -0.05) is 0 Å². The fourth-order valence-corrected chi connectivity index (χ4v) is 3.17. The topological polar surface area (TPSA) is 180 Å². The predicted molar refractivity (Wildman–Crippen MR) is 88.1 cm³/mol. The quantitative estimate of drug-likeness (QED) is 0.305. The number of methoxy groups -OCH3 is 4. The molecule has 0 amide bonds. The van der Waals surface area contributed by atoms with E-state index in [2.05, 4.69) is 9.47 Å². The van der Waals surface area contributed by atoms with Gasteiger partial charge in [-0.25, -0.2) is 9.59 Å². The Morgan fingerprint density at radius 3 is 1.28 bits per heavy atom. The lowest BCUT2D eigenvalue weighted by atomic mass is 9.97. The Balaban J connectivity index is 2.21. The van der Waals surface area contributed by atoms with Crippen molar-refractivity contribution in [2.75, 3.05) is 28.4 Å². The largest absolute Gasteiger partial charge is 0.467 e. The summed E-state index contributed by atoms with van der Waals surface area (Å²) in [6, 6.07) is 0. The van der Waals surface area contributed by atoms with Crippen LogP contribution >= 0.6 is 0 Å². The van der Waals surface area contributed by atoms with Gasteiger partial charge in [-0.3, -0.25) is 0 Å². The molecule has 10 atom stereocenters. The molecule has 13 nitrogen and oxygen atoms in total. The first-order valence-electron chi connectivity index (χ1n) is 8.61. The molecule has 2 saturated heterocycles. The van der Waals surface area contributed by atoms with Gasteiger partial charge < -0.3 is 53.6 Å². The van der Waals surface area contributed by atoms with Crippen molar-refractivity contribution < 1.29 is 63.2 Å². The highest BCUT2D eigenvalue weighted by molar-refractivity contribution is 5.76. The first kappa shape index (κ1) is 23.9. The molecule has 0 bridgehead atoms. The van der Waals surface area contributed by atoms with Gasteiger partial charge >= 0.3 is 11.9 Å². The van der Waals surface area contributed by atoms with Crippen LogP contribution in [0, 0.1) is 0 Å². The predicted octanol–water partition coefficient (Wildman–Crippen LogP) is -3.73. The third-order valence-electron chi connectivity index (χ3n) is 4.77. The van der Waals surface area contributed by atoms with E-state index >= 15 is 0 Å². The summed E-state index contributed by atoms with van der Waals surface area (Å²) in [5.41, 5.74) is 0. The van der Waals surface area contributed by atoms with Crippen LogP contribution in [0.1, 0.15) is 0 Å². The zero-order chi connectivity index (χ0) is 21.9. The highest BCUT2D eigenvalue weighted by Crippen LogP contribution is 2.30.